The Morgan fingerprint density at radius 2 is 2.17 bits per heavy atom. The van der Waals surface area contributed by atoms with Crippen molar-refractivity contribution in [3.63, 3.8) is 0 Å². The molecular weight excluding hydrogens is 240 g/mol. The highest BCUT2D eigenvalue weighted by Crippen LogP contribution is 2.31. The van der Waals surface area contributed by atoms with Gasteiger partial charge in [-0.1, -0.05) is 24.3 Å². The van der Waals surface area contributed by atoms with Crippen LogP contribution in [0.1, 0.15) is 12.8 Å². The topological polar surface area (TPSA) is 24.1 Å². The zero-order chi connectivity index (χ0) is 12.2. The minimum absolute atomic E-state index is 0.626. The minimum Gasteiger partial charge on any atom is -0.383 e. The molecule has 0 amide bonds. The molecule has 1 unspecified atom stereocenters. The lowest BCUT2D eigenvalue weighted by molar-refractivity contribution is 0.634. The van der Waals surface area contributed by atoms with Crippen molar-refractivity contribution in [3.05, 3.63) is 41.8 Å². The fraction of sp³-hybridized carbons (Fsp3) is 0.333. The van der Waals surface area contributed by atoms with Crippen LogP contribution in [0.4, 0.5) is 5.69 Å². The molecule has 1 fully saturated rings. The van der Waals surface area contributed by atoms with Crippen LogP contribution in [0.15, 0.2) is 41.8 Å². The van der Waals surface area contributed by atoms with Gasteiger partial charge in [-0.15, -0.1) is 11.3 Å². The van der Waals surface area contributed by atoms with Gasteiger partial charge in [0.25, 0.3) is 0 Å². The van der Waals surface area contributed by atoms with Crippen molar-refractivity contribution in [2.24, 2.45) is 0 Å². The average Bonchev–Trinajstić information content (AvgIpc) is 3.10. The van der Waals surface area contributed by atoms with E-state index in [4.69, 9.17) is 0 Å². The Morgan fingerprint density at radius 3 is 2.94 bits per heavy atom. The van der Waals surface area contributed by atoms with Crippen LogP contribution in [0, 0.1) is 0 Å². The van der Waals surface area contributed by atoms with E-state index >= 15 is 0 Å². The van der Waals surface area contributed by atoms with Crippen LogP contribution in [-0.4, -0.2) is 19.1 Å². The first kappa shape index (κ1) is 11.8. The molecule has 2 heterocycles. The number of hydrogen-bond acceptors (Lipinski definition) is 3. The van der Waals surface area contributed by atoms with Crippen molar-refractivity contribution in [3.8, 4) is 10.4 Å². The number of para-hydroxylation sites is 1. The van der Waals surface area contributed by atoms with Gasteiger partial charge < -0.3 is 10.6 Å². The molecule has 1 aromatic carbocycles. The number of hydrogen-bond donors (Lipinski definition) is 2. The molecule has 0 spiro atoms. The molecule has 0 saturated carbocycles. The summed E-state index contributed by atoms with van der Waals surface area (Å²) in [5.41, 5.74) is 2.55. The number of benzene rings is 1. The van der Waals surface area contributed by atoms with Crippen LogP contribution in [0.5, 0.6) is 0 Å². The lowest BCUT2D eigenvalue weighted by Crippen LogP contribution is -2.29. The molecule has 1 aliphatic heterocycles. The Hall–Kier alpha value is -1.32. The highest BCUT2D eigenvalue weighted by atomic mass is 32.1. The van der Waals surface area contributed by atoms with Gasteiger partial charge in [0.05, 0.1) is 0 Å². The third-order valence-electron chi connectivity index (χ3n) is 3.41. The standard InChI is InChI=1S/C15H18N2S/c1-2-7-14(17-11-12-5-3-9-16-12)13(6-1)15-8-4-10-18-15/h1-2,4,6-8,10,12,16-17H,3,5,9,11H2. The van der Waals surface area contributed by atoms with E-state index in [0.717, 1.165) is 6.54 Å². The van der Waals surface area contributed by atoms with Gasteiger partial charge in [0.2, 0.25) is 0 Å². The summed E-state index contributed by atoms with van der Waals surface area (Å²) in [6.07, 6.45) is 2.59. The van der Waals surface area contributed by atoms with Crippen LogP contribution in [-0.2, 0) is 0 Å². The first-order valence-corrected chi connectivity index (χ1v) is 7.41. The first-order chi connectivity index (χ1) is 8.93. The van der Waals surface area contributed by atoms with Crippen LogP contribution < -0.4 is 10.6 Å². The SMILES string of the molecule is c1csc(-c2ccccc2NCC2CCCN2)c1. The molecule has 2 N–H and O–H groups in total. The molecule has 2 aromatic rings. The van der Waals surface area contributed by atoms with Crippen LogP contribution >= 0.6 is 11.3 Å². The molecule has 0 bridgehead atoms. The Bertz CT molecular complexity index is 487. The van der Waals surface area contributed by atoms with E-state index in [0.29, 0.717) is 6.04 Å². The third-order valence-corrected chi connectivity index (χ3v) is 4.32. The summed E-state index contributed by atoms with van der Waals surface area (Å²) in [7, 11) is 0. The molecular formula is C15H18N2S. The quantitative estimate of drug-likeness (QED) is 0.876. The molecule has 1 aromatic heterocycles. The van der Waals surface area contributed by atoms with Crippen LogP contribution in [0.3, 0.4) is 0 Å². The minimum atomic E-state index is 0.626. The van der Waals surface area contributed by atoms with Gasteiger partial charge in [-0.25, -0.2) is 0 Å². The predicted molar refractivity (Wildman–Crippen MR) is 79.3 cm³/mol. The van der Waals surface area contributed by atoms with Gasteiger partial charge in [-0.2, -0.15) is 0 Å². The fourth-order valence-corrected chi connectivity index (χ4v) is 3.21. The van der Waals surface area contributed by atoms with Gasteiger partial charge in [-0.05, 0) is 36.9 Å². The van der Waals surface area contributed by atoms with E-state index in [1.54, 1.807) is 11.3 Å². The molecule has 1 aliphatic rings. The van der Waals surface area contributed by atoms with E-state index in [2.05, 4.69) is 52.4 Å². The molecule has 1 saturated heterocycles. The van der Waals surface area contributed by atoms with E-state index in [9.17, 15) is 0 Å². The van der Waals surface area contributed by atoms with Gasteiger partial charge in [0.15, 0.2) is 0 Å². The number of anilines is 1. The summed E-state index contributed by atoms with van der Waals surface area (Å²) >= 11 is 1.79. The molecule has 0 aliphatic carbocycles. The zero-order valence-corrected chi connectivity index (χ0v) is 11.2. The Labute approximate surface area is 112 Å². The molecule has 3 heteroatoms. The largest absolute Gasteiger partial charge is 0.383 e. The second kappa shape index (κ2) is 5.55. The van der Waals surface area contributed by atoms with Crippen LogP contribution in [0.25, 0.3) is 10.4 Å². The normalized spacial score (nSPS) is 19.0. The summed E-state index contributed by atoms with van der Waals surface area (Å²) in [6.45, 7) is 2.18. The highest BCUT2D eigenvalue weighted by molar-refractivity contribution is 7.13. The van der Waals surface area contributed by atoms with Gasteiger partial charge in [-0.3, -0.25) is 0 Å². The van der Waals surface area contributed by atoms with E-state index in [1.165, 1.54) is 35.5 Å². The Balaban J connectivity index is 1.75. The fourth-order valence-electron chi connectivity index (χ4n) is 2.45. The zero-order valence-electron chi connectivity index (χ0n) is 10.4. The van der Waals surface area contributed by atoms with E-state index < -0.39 is 0 Å². The lowest BCUT2D eigenvalue weighted by Gasteiger charge is -2.15. The van der Waals surface area contributed by atoms with Crippen molar-refractivity contribution in [2.75, 3.05) is 18.4 Å². The van der Waals surface area contributed by atoms with Crippen molar-refractivity contribution in [2.45, 2.75) is 18.9 Å². The van der Waals surface area contributed by atoms with Crippen molar-refractivity contribution in [1.29, 1.82) is 0 Å². The smallest absolute Gasteiger partial charge is 0.0428 e. The number of rotatable bonds is 4. The molecule has 2 nitrogen and oxygen atoms in total. The van der Waals surface area contributed by atoms with Crippen molar-refractivity contribution >= 4 is 17.0 Å². The summed E-state index contributed by atoms with van der Waals surface area (Å²) in [5.74, 6) is 0. The van der Waals surface area contributed by atoms with Gasteiger partial charge in [0, 0.05) is 28.7 Å². The summed E-state index contributed by atoms with van der Waals surface area (Å²) in [6, 6.07) is 13.5. The van der Waals surface area contributed by atoms with Gasteiger partial charge in [0.1, 0.15) is 0 Å². The maximum atomic E-state index is 3.59. The summed E-state index contributed by atoms with van der Waals surface area (Å²) < 4.78 is 0. The second-order valence-corrected chi connectivity index (χ2v) is 5.64. The van der Waals surface area contributed by atoms with E-state index in [1.807, 2.05) is 0 Å². The van der Waals surface area contributed by atoms with Crippen molar-refractivity contribution in [1.82, 2.24) is 5.32 Å². The Morgan fingerprint density at radius 1 is 1.22 bits per heavy atom. The maximum absolute atomic E-state index is 3.59. The number of thiophene rings is 1. The average molecular weight is 258 g/mol. The molecule has 94 valence electrons. The highest BCUT2D eigenvalue weighted by Gasteiger charge is 2.14. The monoisotopic (exact) mass is 258 g/mol. The maximum Gasteiger partial charge on any atom is 0.0428 e. The lowest BCUT2D eigenvalue weighted by atomic mass is 10.1. The first-order valence-electron chi connectivity index (χ1n) is 6.53. The molecule has 0 radical (unpaired) electrons. The molecule has 18 heavy (non-hydrogen) atoms. The summed E-state index contributed by atoms with van der Waals surface area (Å²) in [4.78, 5) is 1.33. The van der Waals surface area contributed by atoms with Crippen LogP contribution in [0.2, 0.25) is 0 Å². The summed E-state index contributed by atoms with van der Waals surface area (Å²) in [5, 5.41) is 9.24. The second-order valence-electron chi connectivity index (χ2n) is 4.70. The van der Waals surface area contributed by atoms with Gasteiger partial charge >= 0.3 is 0 Å². The third kappa shape index (κ3) is 2.57. The molecule has 3 rings (SSSR count). The van der Waals surface area contributed by atoms with Crippen molar-refractivity contribution < 1.29 is 0 Å². The Kier molecular flexibility index (Phi) is 3.62. The predicted octanol–water partition coefficient (Wildman–Crippen LogP) is 3.58. The number of nitrogens with one attached hydrogen (secondary N) is 2. The molecule has 1 atom stereocenters. The van der Waals surface area contributed by atoms with E-state index in [-0.39, 0.29) is 0 Å².